The molecule has 3 rings (SSSR count). The number of benzene rings is 1. The van der Waals surface area contributed by atoms with E-state index in [-0.39, 0.29) is 0 Å². The van der Waals surface area contributed by atoms with E-state index in [2.05, 4.69) is 17.2 Å². The minimum Gasteiger partial charge on any atom is -0.398 e. The fourth-order valence-electron chi connectivity index (χ4n) is 2.66. The molecule has 19 heavy (non-hydrogen) atoms. The van der Waals surface area contributed by atoms with Crippen molar-refractivity contribution in [2.75, 3.05) is 17.7 Å². The second kappa shape index (κ2) is 5.05. The third-order valence-corrected chi connectivity index (χ3v) is 3.65. The summed E-state index contributed by atoms with van der Waals surface area (Å²) in [7, 11) is 0. The molecule has 0 aliphatic carbocycles. The molecule has 1 aliphatic rings. The fourth-order valence-corrected chi connectivity index (χ4v) is 2.66. The average Bonchev–Trinajstić information content (AvgIpc) is 2.42. The summed E-state index contributed by atoms with van der Waals surface area (Å²) in [5.41, 5.74) is 8.77. The van der Waals surface area contributed by atoms with Crippen LogP contribution in [0.2, 0.25) is 0 Å². The molecule has 0 bridgehead atoms. The molecule has 1 aromatic heterocycles. The van der Waals surface area contributed by atoms with Crippen molar-refractivity contribution in [2.45, 2.75) is 31.9 Å². The molecule has 0 radical (unpaired) electrons. The third kappa shape index (κ3) is 2.49. The van der Waals surface area contributed by atoms with Gasteiger partial charge in [-0.2, -0.15) is 0 Å². The Bertz CT molecular complexity index is 585. The van der Waals surface area contributed by atoms with Gasteiger partial charge in [-0.3, -0.25) is 4.98 Å². The number of anilines is 2. The van der Waals surface area contributed by atoms with Crippen molar-refractivity contribution in [3.05, 3.63) is 30.5 Å². The highest BCUT2D eigenvalue weighted by Crippen LogP contribution is 2.28. The molecule has 3 N–H and O–H groups in total. The van der Waals surface area contributed by atoms with E-state index in [4.69, 9.17) is 10.5 Å². The maximum Gasteiger partial charge on any atom is 0.0953 e. The standard InChI is InChI=1S/C15H19N3O/c1-10-9-11(6-8-19-10)18-14-5-4-13(16)12-3-2-7-17-15(12)14/h2-5,7,10-11,18H,6,8-9,16H2,1H3. The molecule has 2 unspecified atom stereocenters. The normalized spacial score (nSPS) is 23.4. The lowest BCUT2D eigenvalue weighted by molar-refractivity contribution is 0.0232. The highest BCUT2D eigenvalue weighted by Gasteiger charge is 2.19. The minimum atomic E-state index is 0.319. The number of ether oxygens (including phenoxy) is 1. The summed E-state index contributed by atoms with van der Waals surface area (Å²) < 4.78 is 5.58. The van der Waals surface area contributed by atoms with Crippen LogP contribution < -0.4 is 11.1 Å². The largest absolute Gasteiger partial charge is 0.398 e. The number of nitrogens with zero attached hydrogens (tertiary/aromatic N) is 1. The van der Waals surface area contributed by atoms with Gasteiger partial charge in [0.2, 0.25) is 0 Å². The Morgan fingerprint density at radius 2 is 2.26 bits per heavy atom. The SMILES string of the molecule is CC1CC(Nc2ccc(N)c3cccnc23)CCO1. The zero-order chi connectivity index (χ0) is 13.2. The van der Waals surface area contributed by atoms with E-state index in [1.54, 1.807) is 6.20 Å². The molecule has 1 saturated heterocycles. The predicted molar refractivity (Wildman–Crippen MR) is 78.2 cm³/mol. The maximum atomic E-state index is 5.99. The van der Waals surface area contributed by atoms with Gasteiger partial charge in [-0.15, -0.1) is 0 Å². The fraction of sp³-hybridized carbons (Fsp3) is 0.400. The van der Waals surface area contributed by atoms with Crippen molar-refractivity contribution in [3.8, 4) is 0 Å². The Morgan fingerprint density at radius 1 is 1.37 bits per heavy atom. The third-order valence-electron chi connectivity index (χ3n) is 3.65. The van der Waals surface area contributed by atoms with Crippen molar-refractivity contribution in [1.82, 2.24) is 4.98 Å². The van der Waals surface area contributed by atoms with E-state index >= 15 is 0 Å². The van der Waals surface area contributed by atoms with E-state index in [0.717, 1.165) is 41.7 Å². The van der Waals surface area contributed by atoms with Gasteiger partial charge in [0, 0.05) is 29.9 Å². The molecule has 0 amide bonds. The summed E-state index contributed by atoms with van der Waals surface area (Å²) in [6.07, 6.45) is 4.18. The molecule has 1 aliphatic heterocycles. The molecule has 2 atom stereocenters. The van der Waals surface area contributed by atoms with Gasteiger partial charge in [-0.25, -0.2) is 0 Å². The second-order valence-electron chi connectivity index (χ2n) is 5.15. The first-order chi connectivity index (χ1) is 9.24. The van der Waals surface area contributed by atoms with Crippen molar-refractivity contribution < 1.29 is 4.74 Å². The highest BCUT2D eigenvalue weighted by molar-refractivity contribution is 5.98. The zero-order valence-electron chi connectivity index (χ0n) is 11.1. The number of nitrogens with two attached hydrogens (primary N) is 1. The van der Waals surface area contributed by atoms with E-state index in [9.17, 15) is 0 Å². The second-order valence-corrected chi connectivity index (χ2v) is 5.15. The summed E-state index contributed by atoms with van der Waals surface area (Å²) in [4.78, 5) is 4.45. The van der Waals surface area contributed by atoms with E-state index < -0.39 is 0 Å². The Hall–Kier alpha value is -1.81. The first-order valence-electron chi connectivity index (χ1n) is 6.75. The van der Waals surface area contributed by atoms with E-state index in [1.807, 2.05) is 24.3 Å². The number of hydrogen-bond acceptors (Lipinski definition) is 4. The number of pyridine rings is 1. The smallest absolute Gasteiger partial charge is 0.0953 e. The Kier molecular flexibility index (Phi) is 3.25. The van der Waals surface area contributed by atoms with Crippen LogP contribution in [0.3, 0.4) is 0 Å². The van der Waals surface area contributed by atoms with Crippen molar-refractivity contribution >= 4 is 22.3 Å². The van der Waals surface area contributed by atoms with E-state index in [1.165, 1.54) is 0 Å². The maximum absolute atomic E-state index is 5.99. The molecule has 4 nitrogen and oxygen atoms in total. The van der Waals surface area contributed by atoms with Crippen LogP contribution in [0.5, 0.6) is 0 Å². The van der Waals surface area contributed by atoms with Crippen LogP contribution in [0.1, 0.15) is 19.8 Å². The predicted octanol–water partition coefficient (Wildman–Crippen LogP) is 2.80. The number of nitrogen functional groups attached to an aromatic ring is 1. The molecule has 100 valence electrons. The summed E-state index contributed by atoms with van der Waals surface area (Å²) in [6, 6.07) is 8.33. The van der Waals surface area contributed by atoms with Crippen LogP contribution in [0, 0.1) is 0 Å². The minimum absolute atomic E-state index is 0.319. The Balaban J connectivity index is 1.90. The van der Waals surface area contributed by atoms with Gasteiger partial charge >= 0.3 is 0 Å². The highest BCUT2D eigenvalue weighted by atomic mass is 16.5. The van der Waals surface area contributed by atoms with E-state index in [0.29, 0.717) is 12.1 Å². The Morgan fingerprint density at radius 3 is 3.11 bits per heavy atom. The lowest BCUT2D eigenvalue weighted by atomic mass is 10.0. The monoisotopic (exact) mass is 257 g/mol. The van der Waals surface area contributed by atoms with Crippen LogP contribution in [0.25, 0.3) is 10.9 Å². The number of rotatable bonds is 2. The van der Waals surface area contributed by atoms with Gasteiger partial charge in [0.25, 0.3) is 0 Å². The van der Waals surface area contributed by atoms with Crippen LogP contribution in [0.15, 0.2) is 30.5 Å². The first-order valence-corrected chi connectivity index (χ1v) is 6.75. The van der Waals surface area contributed by atoms with Crippen LogP contribution in [-0.2, 0) is 4.74 Å². The quantitative estimate of drug-likeness (QED) is 0.812. The number of aromatic nitrogens is 1. The lowest BCUT2D eigenvalue weighted by Gasteiger charge is -2.29. The Labute approximate surface area is 113 Å². The van der Waals surface area contributed by atoms with Gasteiger partial charge in [0.05, 0.1) is 17.3 Å². The van der Waals surface area contributed by atoms with Gasteiger partial charge in [0.1, 0.15) is 0 Å². The lowest BCUT2D eigenvalue weighted by Crippen LogP contribution is -2.32. The summed E-state index contributed by atoms with van der Waals surface area (Å²) >= 11 is 0. The molecule has 4 heteroatoms. The molecular formula is C15H19N3O. The van der Waals surface area contributed by atoms with Crippen molar-refractivity contribution in [2.24, 2.45) is 0 Å². The summed E-state index contributed by atoms with van der Waals surface area (Å²) in [6.45, 7) is 2.94. The molecular weight excluding hydrogens is 238 g/mol. The number of fused-ring (bicyclic) bond motifs is 1. The topological polar surface area (TPSA) is 60.2 Å². The van der Waals surface area contributed by atoms with Crippen LogP contribution in [-0.4, -0.2) is 23.7 Å². The van der Waals surface area contributed by atoms with Gasteiger partial charge in [-0.05, 0) is 44.0 Å². The molecule has 2 heterocycles. The summed E-state index contributed by atoms with van der Waals surface area (Å²) in [5.74, 6) is 0. The molecule has 2 aromatic rings. The number of hydrogen-bond donors (Lipinski definition) is 2. The zero-order valence-corrected chi connectivity index (χ0v) is 11.1. The molecule has 1 fully saturated rings. The van der Waals surface area contributed by atoms with Crippen molar-refractivity contribution in [3.63, 3.8) is 0 Å². The van der Waals surface area contributed by atoms with Gasteiger partial charge < -0.3 is 15.8 Å². The van der Waals surface area contributed by atoms with Crippen LogP contribution >= 0.6 is 0 Å². The van der Waals surface area contributed by atoms with Crippen molar-refractivity contribution in [1.29, 1.82) is 0 Å². The van der Waals surface area contributed by atoms with Crippen LogP contribution in [0.4, 0.5) is 11.4 Å². The molecule has 1 aromatic carbocycles. The number of nitrogens with one attached hydrogen (secondary N) is 1. The first kappa shape index (κ1) is 12.2. The molecule has 0 spiro atoms. The summed E-state index contributed by atoms with van der Waals surface area (Å²) in [5, 5.41) is 4.59. The molecule has 0 saturated carbocycles. The van der Waals surface area contributed by atoms with Gasteiger partial charge in [0.15, 0.2) is 0 Å². The average molecular weight is 257 g/mol. The van der Waals surface area contributed by atoms with Gasteiger partial charge in [-0.1, -0.05) is 0 Å².